The maximum Gasteiger partial charge on any atom is 0.258 e. The highest BCUT2D eigenvalue weighted by Crippen LogP contribution is 2.26. The Bertz CT molecular complexity index is 363. The van der Waals surface area contributed by atoms with Gasteiger partial charge in [0.1, 0.15) is 0 Å². The van der Waals surface area contributed by atoms with E-state index in [4.69, 9.17) is 9.47 Å². The highest BCUT2D eigenvalue weighted by atomic mass is 16.5. The molecule has 0 atom stereocenters. The minimum absolute atomic E-state index is 0.00225. The van der Waals surface area contributed by atoms with Gasteiger partial charge in [0.15, 0.2) is 18.1 Å². The summed E-state index contributed by atoms with van der Waals surface area (Å²) in [6.07, 6.45) is 0. The normalized spacial score (nSPS) is 10.1. The van der Waals surface area contributed by atoms with Crippen molar-refractivity contribution in [1.29, 1.82) is 0 Å². The van der Waals surface area contributed by atoms with Crippen LogP contribution < -0.4 is 14.8 Å². The van der Waals surface area contributed by atoms with Crippen LogP contribution in [-0.2, 0) is 4.79 Å². The lowest BCUT2D eigenvalue weighted by molar-refractivity contribution is -0.123. The van der Waals surface area contributed by atoms with Gasteiger partial charge in [-0.15, -0.1) is 0 Å². The maximum atomic E-state index is 11.4. The Hall–Kier alpha value is -1.71. The van der Waals surface area contributed by atoms with Gasteiger partial charge in [0.25, 0.3) is 5.91 Å². The second-order valence-corrected chi connectivity index (χ2v) is 3.89. The first kappa shape index (κ1) is 13.4. The predicted molar refractivity (Wildman–Crippen MR) is 66.4 cm³/mol. The van der Waals surface area contributed by atoms with Crippen molar-refractivity contribution in [2.75, 3.05) is 13.2 Å². The molecule has 0 saturated heterocycles. The lowest BCUT2D eigenvalue weighted by Gasteiger charge is -2.12. The predicted octanol–water partition coefficient (Wildman–Crippen LogP) is 1.99. The zero-order valence-electron chi connectivity index (χ0n) is 10.5. The number of rotatable bonds is 6. The third-order valence-electron chi connectivity index (χ3n) is 1.96. The summed E-state index contributed by atoms with van der Waals surface area (Å²) in [4.78, 5) is 11.4. The van der Waals surface area contributed by atoms with Gasteiger partial charge in [-0.25, -0.2) is 0 Å². The minimum Gasteiger partial charge on any atom is -0.490 e. The summed E-state index contributed by atoms with van der Waals surface area (Å²) in [6.45, 7) is 6.29. The van der Waals surface area contributed by atoms with Gasteiger partial charge in [0.05, 0.1) is 6.61 Å². The second-order valence-electron chi connectivity index (χ2n) is 3.89. The molecular weight excluding hydrogens is 218 g/mol. The standard InChI is InChI=1S/C13H19NO3/c1-4-16-11-7-5-6-8-12(11)17-9-13(15)14-10(2)3/h5-8,10H,4,9H2,1-3H3,(H,14,15). The molecule has 0 aromatic heterocycles. The van der Waals surface area contributed by atoms with Gasteiger partial charge in [-0.05, 0) is 32.9 Å². The van der Waals surface area contributed by atoms with Crippen molar-refractivity contribution in [2.45, 2.75) is 26.8 Å². The number of carbonyl (C=O) groups excluding carboxylic acids is 1. The first-order valence-electron chi connectivity index (χ1n) is 5.77. The Kier molecular flexibility index (Phi) is 5.33. The summed E-state index contributed by atoms with van der Waals surface area (Å²) >= 11 is 0. The largest absolute Gasteiger partial charge is 0.490 e. The molecule has 0 aliphatic heterocycles. The molecule has 4 heteroatoms. The molecule has 1 aromatic carbocycles. The third-order valence-corrected chi connectivity index (χ3v) is 1.96. The van der Waals surface area contributed by atoms with Gasteiger partial charge in [0.2, 0.25) is 0 Å². The molecule has 0 aliphatic rings. The van der Waals surface area contributed by atoms with Crippen molar-refractivity contribution in [3.63, 3.8) is 0 Å². The molecule has 17 heavy (non-hydrogen) atoms. The summed E-state index contributed by atoms with van der Waals surface area (Å²) in [5.41, 5.74) is 0. The summed E-state index contributed by atoms with van der Waals surface area (Å²) in [5.74, 6) is 1.12. The smallest absolute Gasteiger partial charge is 0.258 e. The average Bonchev–Trinajstić information content (AvgIpc) is 2.27. The first-order valence-corrected chi connectivity index (χ1v) is 5.77. The Morgan fingerprint density at radius 2 is 1.82 bits per heavy atom. The van der Waals surface area contributed by atoms with Crippen LogP contribution >= 0.6 is 0 Å². The van der Waals surface area contributed by atoms with Crippen LogP contribution in [-0.4, -0.2) is 25.2 Å². The summed E-state index contributed by atoms with van der Waals surface area (Å²) in [5, 5.41) is 2.76. The molecule has 0 heterocycles. The fourth-order valence-corrected chi connectivity index (χ4v) is 1.35. The monoisotopic (exact) mass is 237 g/mol. The molecule has 1 N–H and O–H groups in total. The van der Waals surface area contributed by atoms with E-state index in [1.165, 1.54) is 0 Å². The van der Waals surface area contributed by atoms with E-state index >= 15 is 0 Å². The molecule has 1 aromatic rings. The number of ether oxygens (including phenoxy) is 2. The van der Waals surface area contributed by atoms with Crippen molar-refractivity contribution in [3.05, 3.63) is 24.3 Å². The summed E-state index contributed by atoms with van der Waals surface area (Å²) in [6, 6.07) is 7.44. The fraction of sp³-hybridized carbons (Fsp3) is 0.462. The number of benzene rings is 1. The van der Waals surface area contributed by atoms with Gasteiger partial charge < -0.3 is 14.8 Å². The van der Waals surface area contributed by atoms with Crippen molar-refractivity contribution >= 4 is 5.91 Å². The van der Waals surface area contributed by atoms with Crippen LogP contribution in [0.4, 0.5) is 0 Å². The number of hydrogen-bond acceptors (Lipinski definition) is 3. The van der Waals surface area contributed by atoms with Crippen molar-refractivity contribution in [1.82, 2.24) is 5.32 Å². The van der Waals surface area contributed by atoms with Gasteiger partial charge in [0, 0.05) is 6.04 Å². The fourth-order valence-electron chi connectivity index (χ4n) is 1.35. The Labute approximate surface area is 102 Å². The van der Waals surface area contributed by atoms with E-state index < -0.39 is 0 Å². The molecule has 4 nitrogen and oxygen atoms in total. The highest BCUT2D eigenvalue weighted by molar-refractivity contribution is 5.77. The van der Waals surface area contributed by atoms with Gasteiger partial charge in [-0.3, -0.25) is 4.79 Å². The van der Waals surface area contributed by atoms with Gasteiger partial charge >= 0.3 is 0 Å². The number of nitrogens with one attached hydrogen (secondary N) is 1. The van der Waals surface area contributed by atoms with Crippen LogP contribution in [0.15, 0.2) is 24.3 Å². The van der Waals surface area contributed by atoms with E-state index in [0.717, 1.165) is 0 Å². The van der Waals surface area contributed by atoms with Crippen molar-refractivity contribution in [3.8, 4) is 11.5 Å². The van der Waals surface area contributed by atoms with E-state index in [2.05, 4.69) is 5.32 Å². The van der Waals surface area contributed by atoms with Crippen LogP contribution in [0.25, 0.3) is 0 Å². The maximum absolute atomic E-state index is 11.4. The molecule has 0 aliphatic carbocycles. The van der Waals surface area contributed by atoms with Crippen LogP contribution in [0.3, 0.4) is 0 Å². The van der Waals surface area contributed by atoms with Gasteiger partial charge in [-0.1, -0.05) is 12.1 Å². The minimum atomic E-state index is -0.133. The molecule has 1 amide bonds. The SMILES string of the molecule is CCOc1ccccc1OCC(=O)NC(C)C. The molecule has 1 rings (SSSR count). The zero-order valence-corrected chi connectivity index (χ0v) is 10.5. The Morgan fingerprint density at radius 3 is 2.35 bits per heavy atom. The Balaban J connectivity index is 2.53. The lowest BCUT2D eigenvalue weighted by atomic mass is 10.3. The average molecular weight is 237 g/mol. The molecule has 0 saturated carbocycles. The van der Waals surface area contributed by atoms with Crippen LogP contribution in [0.5, 0.6) is 11.5 Å². The number of para-hydroxylation sites is 2. The number of hydrogen-bond donors (Lipinski definition) is 1. The molecule has 94 valence electrons. The molecular formula is C13H19NO3. The number of amides is 1. The van der Waals surface area contributed by atoms with Crippen LogP contribution in [0, 0.1) is 0 Å². The number of carbonyl (C=O) groups is 1. The van der Waals surface area contributed by atoms with Crippen LogP contribution in [0.2, 0.25) is 0 Å². The summed E-state index contributed by atoms with van der Waals surface area (Å²) in [7, 11) is 0. The topological polar surface area (TPSA) is 47.6 Å². The van der Waals surface area contributed by atoms with Crippen molar-refractivity contribution in [2.24, 2.45) is 0 Å². The zero-order chi connectivity index (χ0) is 12.7. The van der Waals surface area contributed by atoms with Crippen molar-refractivity contribution < 1.29 is 14.3 Å². The quantitative estimate of drug-likeness (QED) is 0.823. The van der Waals surface area contributed by atoms with Gasteiger partial charge in [-0.2, -0.15) is 0 Å². The third kappa shape index (κ3) is 4.76. The molecule has 0 bridgehead atoms. The van der Waals surface area contributed by atoms with E-state index in [9.17, 15) is 4.79 Å². The van der Waals surface area contributed by atoms with E-state index in [0.29, 0.717) is 18.1 Å². The molecule has 0 unspecified atom stereocenters. The van der Waals surface area contributed by atoms with E-state index in [1.54, 1.807) is 6.07 Å². The Morgan fingerprint density at radius 1 is 1.24 bits per heavy atom. The summed E-state index contributed by atoms with van der Waals surface area (Å²) < 4.78 is 10.8. The van der Waals surface area contributed by atoms with E-state index in [-0.39, 0.29) is 18.6 Å². The molecule has 0 fully saturated rings. The first-order chi connectivity index (χ1) is 8.13. The highest BCUT2D eigenvalue weighted by Gasteiger charge is 2.07. The molecule has 0 radical (unpaired) electrons. The molecule has 0 spiro atoms. The van der Waals surface area contributed by atoms with Crippen LogP contribution in [0.1, 0.15) is 20.8 Å². The lowest BCUT2D eigenvalue weighted by Crippen LogP contribution is -2.34. The second kappa shape index (κ2) is 6.78. The van der Waals surface area contributed by atoms with E-state index in [1.807, 2.05) is 39.0 Å².